The summed E-state index contributed by atoms with van der Waals surface area (Å²) in [6.45, 7) is 9.64. The molecule has 1 aliphatic rings. The second-order valence-electron chi connectivity index (χ2n) is 9.03. The van der Waals surface area contributed by atoms with Crippen molar-refractivity contribution in [1.29, 1.82) is 0 Å². The van der Waals surface area contributed by atoms with Crippen LogP contribution in [-0.4, -0.2) is 59.5 Å². The van der Waals surface area contributed by atoms with E-state index in [0.29, 0.717) is 6.54 Å². The Morgan fingerprint density at radius 3 is 2.40 bits per heavy atom. The third-order valence-electron chi connectivity index (χ3n) is 5.47. The fraction of sp³-hybridized carbons (Fsp3) is 0.652. The summed E-state index contributed by atoms with van der Waals surface area (Å²) >= 11 is 0. The minimum Gasteiger partial charge on any atom is -0.444 e. The van der Waals surface area contributed by atoms with Crippen molar-refractivity contribution in [3.8, 4) is 0 Å². The molecular formula is C23H36N2O5. The summed E-state index contributed by atoms with van der Waals surface area (Å²) in [5.74, 6) is -0.728. The van der Waals surface area contributed by atoms with Crippen molar-refractivity contribution in [2.45, 2.75) is 77.4 Å². The van der Waals surface area contributed by atoms with E-state index in [-0.39, 0.29) is 18.0 Å². The molecule has 0 aliphatic carbocycles. The molecule has 0 bridgehead atoms. The number of carbonyl (C=O) groups excluding carboxylic acids is 2. The van der Waals surface area contributed by atoms with Crippen molar-refractivity contribution in [3.05, 3.63) is 35.9 Å². The van der Waals surface area contributed by atoms with Crippen molar-refractivity contribution in [2.24, 2.45) is 5.92 Å². The number of rotatable bonds is 7. The van der Waals surface area contributed by atoms with Gasteiger partial charge in [-0.3, -0.25) is 4.79 Å². The van der Waals surface area contributed by atoms with Crippen molar-refractivity contribution < 1.29 is 24.2 Å². The van der Waals surface area contributed by atoms with Gasteiger partial charge in [-0.1, -0.05) is 37.3 Å². The minimum absolute atomic E-state index is 0.222. The van der Waals surface area contributed by atoms with Crippen LogP contribution in [-0.2, 0) is 14.3 Å². The number of hydrogen-bond donors (Lipinski definition) is 2. The largest absolute Gasteiger partial charge is 0.444 e. The van der Waals surface area contributed by atoms with E-state index in [0.717, 1.165) is 18.4 Å². The fourth-order valence-corrected chi connectivity index (χ4v) is 3.90. The Labute approximate surface area is 179 Å². The molecule has 1 aliphatic heterocycles. The molecule has 1 saturated heterocycles. The zero-order valence-electron chi connectivity index (χ0n) is 18.9. The minimum atomic E-state index is -0.812. The number of aliphatic hydroxyl groups excluding tert-OH is 1. The van der Waals surface area contributed by atoms with Crippen LogP contribution in [0.1, 0.15) is 59.1 Å². The quantitative estimate of drug-likeness (QED) is 0.707. The molecule has 0 spiro atoms. The molecule has 1 aromatic carbocycles. The van der Waals surface area contributed by atoms with Crippen LogP contribution in [0, 0.1) is 5.92 Å². The van der Waals surface area contributed by atoms with E-state index in [9.17, 15) is 14.7 Å². The summed E-state index contributed by atoms with van der Waals surface area (Å²) in [7, 11) is 1.56. The molecule has 7 heteroatoms. The summed E-state index contributed by atoms with van der Waals surface area (Å²) in [6.07, 6.45) is -0.0830. The van der Waals surface area contributed by atoms with Crippen LogP contribution in [0.5, 0.6) is 0 Å². The van der Waals surface area contributed by atoms with Crippen molar-refractivity contribution >= 4 is 12.0 Å². The maximum atomic E-state index is 12.9. The zero-order valence-corrected chi connectivity index (χ0v) is 18.9. The molecule has 1 fully saturated rings. The number of benzene rings is 1. The lowest BCUT2D eigenvalue weighted by Crippen LogP contribution is -2.51. The first kappa shape index (κ1) is 24.2. The molecule has 0 aromatic heterocycles. The summed E-state index contributed by atoms with van der Waals surface area (Å²) in [5.41, 5.74) is 0.159. The van der Waals surface area contributed by atoms with Crippen LogP contribution in [0.2, 0.25) is 0 Å². The van der Waals surface area contributed by atoms with Crippen molar-refractivity contribution in [3.63, 3.8) is 0 Å². The molecule has 30 heavy (non-hydrogen) atoms. The third kappa shape index (κ3) is 6.19. The van der Waals surface area contributed by atoms with Gasteiger partial charge < -0.3 is 24.8 Å². The smallest absolute Gasteiger partial charge is 0.410 e. The van der Waals surface area contributed by atoms with Crippen LogP contribution in [0.3, 0.4) is 0 Å². The maximum Gasteiger partial charge on any atom is 0.410 e. The highest BCUT2D eigenvalue weighted by molar-refractivity contribution is 5.79. The first-order valence-corrected chi connectivity index (χ1v) is 10.6. The van der Waals surface area contributed by atoms with Crippen LogP contribution < -0.4 is 5.32 Å². The van der Waals surface area contributed by atoms with Gasteiger partial charge in [0.15, 0.2) is 0 Å². The number of nitrogens with one attached hydrogen (secondary N) is 1. The lowest BCUT2D eigenvalue weighted by atomic mass is 9.94. The molecule has 1 aromatic rings. The first-order chi connectivity index (χ1) is 14.0. The standard InChI is InChI=1S/C23H36N2O5/c1-15(21(27)24-16(2)19(26)17-11-8-7-9-12-17)20(29-6)18-13-10-14-25(18)22(28)30-23(3,4)5/h7-9,11-12,15-16,18-20,26H,10,13-14H2,1-6H3,(H,24,27)/t15-,16-,18+,19-,20-/m0/s1. The van der Waals surface area contributed by atoms with Gasteiger partial charge in [0.05, 0.1) is 30.2 Å². The Morgan fingerprint density at radius 1 is 1.20 bits per heavy atom. The number of carbonyl (C=O) groups is 2. The summed E-state index contributed by atoms with van der Waals surface area (Å²) < 4.78 is 11.2. The van der Waals surface area contributed by atoms with Gasteiger partial charge in [0.1, 0.15) is 5.60 Å². The van der Waals surface area contributed by atoms with Gasteiger partial charge in [0, 0.05) is 13.7 Å². The zero-order chi connectivity index (χ0) is 22.5. The number of nitrogens with zero attached hydrogens (tertiary/aromatic N) is 1. The summed E-state index contributed by atoms with van der Waals surface area (Å²) in [4.78, 5) is 27.2. The highest BCUT2D eigenvalue weighted by Gasteiger charge is 2.41. The fourth-order valence-electron chi connectivity index (χ4n) is 3.90. The molecule has 2 N–H and O–H groups in total. The molecule has 0 saturated carbocycles. The molecule has 1 heterocycles. The van der Waals surface area contributed by atoms with E-state index in [1.165, 1.54) is 0 Å². The molecular weight excluding hydrogens is 384 g/mol. The van der Waals surface area contributed by atoms with Crippen LogP contribution in [0.15, 0.2) is 30.3 Å². The van der Waals surface area contributed by atoms with Gasteiger partial charge >= 0.3 is 6.09 Å². The Morgan fingerprint density at radius 2 is 1.83 bits per heavy atom. The topological polar surface area (TPSA) is 88.1 Å². The number of likely N-dealkylation sites (tertiary alicyclic amines) is 1. The van der Waals surface area contributed by atoms with Crippen molar-refractivity contribution in [2.75, 3.05) is 13.7 Å². The van der Waals surface area contributed by atoms with E-state index in [4.69, 9.17) is 9.47 Å². The van der Waals surface area contributed by atoms with Crippen LogP contribution in [0.4, 0.5) is 4.79 Å². The van der Waals surface area contributed by atoms with Gasteiger partial charge in [0.2, 0.25) is 5.91 Å². The molecule has 2 rings (SSSR count). The number of ether oxygens (including phenoxy) is 2. The SMILES string of the molecule is CO[C@@H]([C@H](C)C(=O)N[C@@H](C)[C@H](O)c1ccccc1)[C@H]1CCCN1C(=O)OC(C)(C)C. The Balaban J connectivity index is 2.04. The average Bonchev–Trinajstić information content (AvgIpc) is 3.16. The van der Waals surface area contributed by atoms with Crippen LogP contribution >= 0.6 is 0 Å². The maximum absolute atomic E-state index is 12.9. The number of amides is 2. The van der Waals surface area contributed by atoms with Crippen LogP contribution in [0.25, 0.3) is 0 Å². The predicted molar refractivity (Wildman–Crippen MR) is 115 cm³/mol. The highest BCUT2D eigenvalue weighted by atomic mass is 16.6. The van der Waals surface area contributed by atoms with E-state index in [2.05, 4.69) is 5.32 Å². The van der Waals surface area contributed by atoms with E-state index in [1.54, 1.807) is 25.9 Å². The Bertz CT molecular complexity index is 703. The Kier molecular flexibility index (Phi) is 8.26. The lowest BCUT2D eigenvalue weighted by molar-refractivity contribution is -0.132. The van der Waals surface area contributed by atoms with Gasteiger partial charge in [-0.25, -0.2) is 4.79 Å². The summed E-state index contributed by atoms with van der Waals surface area (Å²) in [5, 5.41) is 13.4. The van der Waals surface area contributed by atoms with E-state index in [1.807, 2.05) is 51.1 Å². The third-order valence-corrected chi connectivity index (χ3v) is 5.47. The molecule has 5 atom stereocenters. The number of hydrogen-bond acceptors (Lipinski definition) is 5. The van der Waals surface area contributed by atoms with Gasteiger partial charge in [-0.15, -0.1) is 0 Å². The second kappa shape index (κ2) is 10.3. The number of aliphatic hydroxyl groups is 1. The molecule has 7 nitrogen and oxygen atoms in total. The average molecular weight is 421 g/mol. The lowest BCUT2D eigenvalue weighted by Gasteiger charge is -2.35. The Hall–Kier alpha value is -2.12. The number of methoxy groups -OCH3 is 1. The van der Waals surface area contributed by atoms with Gasteiger partial charge in [-0.05, 0) is 46.1 Å². The summed E-state index contributed by atoms with van der Waals surface area (Å²) in [6, 6.07) is 8.52. The molecule has 2 amide bonds. The van der Waals surface area contributed by atoms with E-state index >= 15 is 0 Å². The van der Waals surface area contributed by atoms with Crippen molar-refractivity contribution in [1.82, 2.24) is 10.2 Å². The molecule has 0 unspecified atom stereocenters. The first-order valence-electron chi connectivity index (χ1n) is 10.6. The normalized spacial score (nSPS) is 20.9. The predicted octanol–water partition coefficient (Wildman–Crippen LogP) is 3.28. The molecule has 168 valence electrons. The van der Waals surface area contributed by atoms with Gasteiger partial charge in [-0.2, -0.15) is 0 Å². The van der Waals surface area contributed by atoms with Gasteiger partial charge in [0.25, 0.3) is 0 Å². The molecule has 0 radical (unpaired) electrons. The second-order valence-corrected chi connectivity index (χ2v) is 9.03. The van der Waals surface area contributed by atoms with E-state index < -0.39 is 29.8 Å². The highest BCUT2D eigenvalue weighted by Crippen LogP contribution is 2.28. The monoisotopic (exact) mass is 420 g/mol.